The molecule has 1 aliphatic rings. The number of carbonyl (C=O) groups excluding carboxylic acids is 2. The maximum absolute atomic E-state index is 12.6. The molecule has 2 amide bonds. The molecular weight excluding hydrogens is 328 g/mol. The van der Waals surface area contributed by atoms with E-state index in [-0.39, 0.29) is 11.8 Å². The van der Waals surface area contributed by atoms with Crippen molar-refractivity contribution in [3.63, 3.8) is 0 Å². The van der Waals surface area contributed by atoms with Gasteiger partial charge in [-0.3, -0.25) is 9.59 Å². The SMILES string of the molecule is O=C(Cc1ccc2ccccc2c1)N1CCN(C(=O)c2ccoc2)CC1. The van der Waals surface area contributed by atoms with Gasteiger partial charge in [0.05, 0.1) is 18.2 Å². The first-order valence-corrected chi connectivity index (χ1v) is 8.77. The van der Waals surface area contributed by atoms with Crippen LogP contribution in [0.15, 0.2) is 65.5 Å². The van der Waals surface area contributed by atoms with Crippen molar-refractivity contribution >= 4 is 22.6 Å². The molecule has 132 valence electrons. The van der Waals surface area contributed by atoms with E-state index in [9.17, 15) is 9.59 Å². The van der Waals surface area contributed by atoms with Gasteiger partial charge in [-0.2, -0.15) is 0 Å². The largest absolute Gasteiger partial charge is 0.472 e. The highest BCUT2D eigenvalue weighted by atomic mass is 16.3. The minimum Gasteiger partial charge on any atom is -0.472 e. The van der Waals surface area contributed by atoms with E-state index in [4.69, 9.17) is 4.42 Å². The molecule has 2 aromatic carbocycles. The second-order valence-electron chi connectivity index (χ2n) is 6.54. The molecule has 0 aliphatic carbocycles. The van der Waals surface area contributed by atoms with Gasteiger partial charge >= 0.3 is 0 Å². The number of fused-ring (bicyclic) bond motifs is 1. The zero-order valence-corrected chi connectivity index (χ0v) is 14.4. The van der Waals surface area contributed by atoms with Crippen molar-refractivity contribution in [1.82, 2.24) is 9.80 Å². The van der Waals surface area contributed by atoms with Gasteiger partial charge in [0.1, 0.15) is 6.26 Å². The van der Waals surface area contributed by atoms with E-state index in [1.165, 1.54) is 17.9 Å². The molecule has 0 atom stereocenters. The summed E-state index contributed by atoms with van der Waals surface area (Å²) in [6.07, 6.45) is 3.34. The normalized spacial score (nSPS) is 14.6. The lowest BCUT2D eigenvalue weighted by molar-refractivity contribution is -0.131. The third kappa shape index (κ3) is 3.33. The highest BCUT2D eigenvalue weighted by Gasteiger charge is 2.25. The Labute approximate surface area is 151 Å². The van der Waals surface area contributed by atoms with Gasteiger partial charge in [0.2, 0.25) is 5.91 Å². The van der Waals surface area contributed by atoms with Gasteiger partial charge in [-0.1, -0.05) is 42.5 Å². The summed E-state index contributed by atoms with van der Waals surface area (Å²) in [5.74, 6) is 0.0658. The summed E-state index contributed by atoms with van der Waals surface area (Å²) in [5, 5.41) is 2.32. The van der Waals surface area contributed by atoms with Crippen molar-refractivity contribution in [2.45, 2.75) is 6.42 Å². The number of amides is 2. The van der Waals surface area contributed by atoms with Crippen molar-refractivity contribution in [2.75, 3.05) is 26.2 Å². The fraction of sp³-hybridized carbons (Fsp3) is 0.238. The summed E-state index contributed by atoms with van der Waals surface area (Å²) in [5.41, 5.74) is 1.58. The molecule has 2 heterocycles. The molecule has 26 heavy (non-hydrogen) atoms. The lowest BCUT2D eigenvalue weighted by Crippen LogP contribution is -2.50. The van der Waals surface area contributed by atoms with Crippen LogP contribution in [0, 0.1) is 0 Å². The number of benzene rings is 2. The lowest BCUT2D eigenvalue weighted by atomic mass is 10.0. The van der Waals surface area contributed by atoms with Crippen molar-refractivity contribution < 1.29 is 14.0 Å². The average molecular weight is 348 g/mol. The number of nitrogens with zero attached hydrogens (tertiary/aromatic N) is 2. The van der Waals surface area contributed by atoms with Crippen LogP contribution in [0.4, 0.5) is 0 Å². The standard InChI is InChI=1S/C21H20N2O3/c24-20(14-16-5-6-17-3-1-2-4-18(17)13-16)22-8-10-23(11-9-22)21(25)19-7-12-26-15-19/h1-7,12-13,15H,8-11,14H2. The maximum Gasteiger partial charge on any atom is 0.257 e. The number of hydrogen-bond acceptors (Lipinski definition) is 3. The van der Waals surface area contributed by atoms with Crippen LogP contribution >= 0.6 is 0 Å². The molecule has 0 saturated carbocycles. The van der Waals surface area contributed by atoms with Crippen molar-refractivity contribution in [2.24, 2.45) is 0 Å². The Morgan fingerprint density at radius 1 is 0.885 bits per heavy atom. The van der Waals surface area contributed by atoms with Gasteiger partial charge in [-0.15, -0.1) is 0 Å². The lowest BCUT2D eigenvalue weighted by Gasteiger charge is -2.34. The zero-order chi connectivity index (χ0) is 17.9. The number of piperazine rings is 1. The fourth-order valence-corrected chi connectivity index (χ4v) is 3.36. The molecule has 0 N–H and O–H groups in total. The van der Waals surface area contributed by atoms with Crippen molar-refractivity contribution in [3.05, 3.63) is 72.2 Å². The molecule has 1 saturated heterocycles. The summed E-state index contributed by atoms with van der Waals surface area (Å²) < 4.78 is 4.97. The summed E-state index contributed by atoms with van der Waals surface area (Å²) >= 11 is 0. The summed E-state index contributed by atoms with van der Waals surface area (Å²) in [6.45, 7) is 2.23. The van der Waals surface area contributed by atoms with Gasteiger partial charge in [0.15, 0.2) is 0 Å². The van der Waals surface area contributed by atoms with E-state index in [1.807, 2.05) is 23.1 Å². The number of carbonyl (C=O) groups is 2. The summed E-state index contributed by atoms with van der Waals surface area (Å²) in [4.78, 5) is 28.5. The minimum atomic E-state index is -0.0413. The topological polar surface area (TPSA) is 53.8 Å². The molecule has 0 radical (unpaired) electrons. The van der Waals surface area contributed by atoms with Crippen molar-refractivity contribution in [1.29, 1.82) is 0 Å². The van der Waals surface area contributed by atoms with Crippen LogP contribution < -0.4 is 0 Å². The van der Waals surface area contributed by atoms with Crippen LogP contribution in [0.2, 0.25) is 0 Å². The molecule has 3 aromatic rings. The van der Waals surface area contributed by atoms with Crippen molar-refractivity contribution in [3.8, 4) is 0 Å². The highest BCUT2D eigenvalue weighted by molar-refractivity contribution is 5.94. The van der Waals surface area contributed by atoms with E-state index in [1.54, 1.807) is 11.0 Å². The monoisotopic (exact) mass is 348 g/mol. The molecule has 5 heteroatoms. The number of rotatable bonds is 3. The smallest absolute Gasteiger partial charge is 0.257 e. The Morgan fingerprint density at radius 2 is 1.62 bits per heavy atom. The first kappa shape index (κ1) is 16.4. The Balaban J connectivity index is 1.36. The van der Waals surface area contributed by atoms with Crippen LogP contribution in [0.1, 0.15) is 15.9 Å². The summed E-state index contributed by atoms with van der Waals surface area (Å²) in [6, 6.07) is 16.0. The molecule has 1 aromatic heterocycles. The predicted octanol–water partition coefficient (Wildman–Crippen LogP) is 2.96. The zero-order valence-electron chi connectivity index (χ0n) is 14.4. The third-order valence-corrected chi connectivity index (χ3v) is 4.86. The molecule has 1 aliphatic heterocycles. The Bertz CT molecular complexity index is 925. The molecule has 0 unspecified atom stereocenters. The van der Waals surface area contributed by atoms with Gasteiger partial charge in [-0.05, 0) is 22.4 Å². The van der Waals surface area contributed by atoms with Crippen LogP contribution in [0.25, 0.3) is 10.8 Å². The van der Waals surface area contributed by atoms with Crippen LogP contribution in [0.5, 0.6) is 0 Å². The fourth-order valence-electron chi connectivity index (χ4n) is 3.36. The molecule has 0 bridgehead atoms. The highest BCUT2D eigenvalue weighted by Crippen LogP contribution is 2.17. The minimum absolute atomic E-state index is 0.0413. The first-order valence-electron chi connectivity index (χ1n) is 8.77. The molecule has 1 fully saturated rings. The van der Waals surface area contributed by atoms with Gasteiger partial charge < -0.3 is 14.2 Å². The predicted molar refractivity (Wildman–Crippen MR) is 98.8 cm³/mol. The van der Waals surface area contributed by atoms with E-state index in [0.717, 1.165) is 10.9 Å². The molecule has 0 spiro atoms. The molecule has 5 nitrogen and oxygen atoms in total. The van der Waals surface area contributed by atoms with Crippen LogP contribution in [0.3, 0.4) is 0 Å². The molecular formula is C21H20N2O3. The average Bonchev–Trinajstić information content (AvgIpc) is 3.22. The maximum atomic E-state index is 12.6. The van der Waals surface area contributed by atoms with E-state index in [2.05, 4.69) is 24.3 Å². The van der Waals surface area contributed by atoms with Crippen LogP contribution in [-0.4, -0.2) is 47.8 Å². The van der Waals surface area contributed by atoms with Gasteiger partial charge in [-0.25, -0.2) is 0 Å². The summed E-state index contributed by atoms with van der Waals surface area (Å²) in [7, 11) is 0. The Kier molecular flexibility index (Phi) is 4.44. The molecule has 4 rings (SSSR count). The van der Waals surface area contributed by atoms with E-state index < -0.39 is 0 Å². The Morgan fingerprint density at radius 3 is 2.35 bits per heavy atom. The Hall–Kier alpha value is -3.08. The second kappa shape index (κ2) is 7.04. The third-order valence-electron chi connectivity index (χ3n) is 4.86. The number of furan rings is 1. The quantitative estimate of drug-likeness (QED) is 0.731. The number of hydrogen-bond donors (Lipinski definition) is 0. The van der Waals surface area contributed by atoms with E-state index in [0.29, 0.717) is 38.2 Å². The van der Waals surface area contributed by atoms with Gasteiger partial charge in [0.25, 0.3) is 5.91 Å². The van der Waals surface area contributed by atoms with Gasteiger partial charge in [0, 0.05) is 26.2 Å². The second-order valence-corrected chi connectivity index (χ2v) is 6.54. The van der Waals surface area contributed by atoms with E-state index >= 15 is 0 Å². The first-order chi connectivity index (χ1) is 12.7. The van der Waals surface area contributed by atoms with Crippen LogP contribution in [-0.2, 0) is 11.2 Å².